The number of amides is 1. The Bertz CT molecular complexity index is 395. The number of aryl methyl sites for hydroxylation is 1. The van der Waals surface area contributed by atoms with Crippen molar-refractivity contribution >= 4 is 17.5 Å². The summed E-state index contributed by atoms with van der Waals surface area (Å²) in [5.41, 5.74) is 0.572. The molecule has 0 aromatic carbocycles. The van der Waals surface area contributed by atoms with Crippen molar-refractivity contribution in [3.8, 4) is 0 Å². The molecule has 0 N–H and O–H groups in total. The molecule has 1 aliphatic rings. The highest BCUT2D eigenvalue weighted by Gasteiger charge is 2.27. The summed E-state index contributed by atoms with van der Waals surface area (Å²) in [7, 11) is 0. The summed E-state index contributed by atoms with van der Waals surface area (Å²) in [5, 5.41) is 3.82. The number of hydrogen-bond acceptors (Lipinski definition) is 3. The molecule has 1 amide bonds. The van der Waals surface area contributed by atoms with E-state index in [1.807, 2.05) is 11.8 Å². The van der Waals surface area contributed by atoms with Crippen molar-refractivity contribution in [1.29, 1.82) is 0 Å². The van der Waals surface area contributed by atoms with Gasteiger partial charge in [0.1, 0.15) is 11.3 Å². The molecule has 0 aliphatic carbocycles. The van der Waals surface area contributed by atoms with E-state index in [0.29, 0.717) is 17.2 Å². The molecule has 17 heavy (non-hydrogen) atoms. The molecule has 1 saturated heterocycles. The van der Waals surface area contributed by atoms with E-state index in [4.69, 9.17) is 16.1 Å². The maximum atomic E-state index is 12.2. The van der Waals surface area contributed by atoms with Crippen LogP contribution in [0, 0.1) is 12.8 Å². The van der Waals surface area contributed by atoms with Gasteiger partial charge in [-0.3, -0.25) is 4.79 Å². The highest BCUT2D eigenvalue weighted by molar-refractivity contribution is 6.20. The average molecular weight is 257 g/mol. The average Bonchev–Trinajstić information content (AvgIpc) is 2.74. The number of nitrogens with zero attached hydrogens (tertiary/aromatic N) is 2. The van der Waals surface area contributed by atoms with Gasteiger partial charge in [0.2, 0.25) is 0 Å². The van der Waals surface area contributed by atoms with Gasteiger partial charge >= 0.3 is 0 Å². The van der Waals surface area contributed by atoms with Crippen molar-refractivity contribution < 1.29 is 9.32 Å². The lowest BCUT2D eigenvalue weighted by Crippen LogP contribution is -2.40. The maximum absolute atomic E-state index is 12.2. The minimum atomic E-state index is 0.0180. The second-order valence-electron chi connectivity index (χ2n) is 4.60. The number of carbonyl (C=O) groups excluding carboxylic acids is 1. The molecule has 0 radical (unpaired) electrons. The molecule has 2 rings (SSSR count). The van der Waals surface area contributed by atoms with Crippen LogP contribution in [0.15, 0.2) is 10.7 Å². The molecule has 5 heteroatoms. The Hall–Kier alpha value is -1.03. The molecule has 1 aliphatic heterocycles. The van der Waals surface area contributed by atoms with Gasteiger partial charge in [0.25, 0.3) is 5.91 Å². The van der Waals surface area contributed by atoms with E-state index in [2.05, 4.69) is 5.16 Å². The molecule has 94 valence electrons. The summed E-state index contributed by atoms with van der Waals surface area (Å²) in [6.45, 7) is 5.32. The lowest BCUT2D eigenvalue weighted by Gasteiger charge is -2.32. The van der Waals surface area contributed by atoms with Gasteiger partial charge < -0.3 is 9.42 Å². The van der Waals surface area contributed by atoms with Crippen LogP contribution in [0.2, 0.25) is 0 Å². The van der Waals surface area contributed by atoms with Gasteiger partial charge in [-0.1, -0.05) is 5.16 Å². The smallest absolute Gasteiger partial charge is 0.259 e. The second-order valence-corrected chi connectivity index (χ2v) is 5.29. The van der Waals surface area contributed by atoms with Crippen LogP contribution in [0.25, 0.3) is 0 Å². The number of alkyl halides is 1. The Morgan fingerprint density at radius 3 is 2.71 bits per heavy atom. The molecular weight excluding hydrogens is 240 g/mol. The Balaban J connectivity index is 1.98. The van der Waals surface area contributed by atoms with Crippen LogP contribution in [0.5, 0.6) is 0 Å². The van der Waals surface area contributed by atoms with E-state index in [-0.39, 0.29) is 11.3 Å². The van der Waals surface area contributed by atoms with E-state index in [1.165, 1.54) is 6.20 Å². The monoisotopic (exact) mass is 256 g/mol. The molecule has 1 aromatic heterocycles. The first-order chi connectivity index (χ1) is 8.09. The number of piperidine rings is 1. The molecule has 1 unspecified atom stereocenters. The maximum Gasteiger partial charge on any atom is 0.259 e. The molecule has 2 heterocycles. The molecule has 1 fully saturated rings. The normalized spacial score (nSPS) is 19.4. The zero-order valence-corrected chi connectivity index (χ0v) is 10.9. The number of aromatic nitrogens is 1. The predicted molar refractivity (Wildman–Crippen MR) is 65.2 cm³/mol. The van der Waals surface area contributed by atoms with Crippen LogP contribution in [0.1, 0.15) is 35.9 Å². The fourth-order valence-electron chi connectivity index (χ4n) is 2.24. The molecule has 0 saturated carbocycles. The molecule has 0 spiro atoms. The van der Waals surface area contributed by atoms with Gasteiger partial charge in [0.15, 0.2) is 0 Å². The first kappa shape index (κ1) is 12.4. The SMILES string of the molecule is Cc1oncc1C(=O)N1CCC(C(C)Cl)CC1. The topological polar surface area (TPSA) is 46.3 Å². The lowest BCUT2D eigenvalue weighted by atomic mass is 9.93. The van der Waals surface area contributed by atoms with Gasteiger partial charge in [0.05, 0.1) is 6.20 Å². The van der Waals surface area contributed by atoms with Crippen molar-refractivity contribution in [1.82, 2.24) is 10.1 Å². The predicted octanol–water partition coefficient (Wildman–Crippen LogP) is 2.46. The fourth-order valence-corrected chi connectivity index (χ4v) is 2.49. The highest BCUT2D eigenvalue weighted by atomic mass is 35.5. The summed E-state index contributed by atoms with van der Waals surface area (Å²) >= 11 is 6.08. The minimum Gasteiger partial charge on any atom is -0.361 e. The van der Waals surface area contributed by atoms with E-state index >= 15 is 0 Å². The molecule has 1 atom stereocenters. The first-order valence-corrected chi connectivity index (χ1v) is 6.38. The van der Waals surface area contributed by atoms with Gasteiger partial charge in [-0.05, 0) is 32.6 Å². The van der Waals surface area contributed by atoms with E-state index in [9.17, 15) is 4.79 Å². The number of rotatable bonds is 2. The summed E-state index contributed by atoms with van der Waals surface area (Å²) in [6.07, 6.45) is 3.44. The van der Waals surface area contributed by atoms with Crippen LogP contribution in [-0.2, 0) is 0 Å². The van der Waals surface area contributed by atoms with Gasteiger partial charge in [-0.25, -0.2) is 0 Å². The first-order valence-electron chi connectivity index (χ1n) is 5.94. The van der Waals surface area contributed by atoms with Crippen molar-refractivity contribution in [2.75, 3.05) is 13.1 Å². The summed E-state index contributed by atoms with van der Waals surface area (Å²) in [4.78, 5) is 14.0. The van der Waals surface area contributed by atoms with Gasteiger partial charge in [-0.2, -0.15) is 0 Å². The highest BCUT2D eigenvalue weighted by Crippen LogP contribution is 2.25. The van der Waals surface area contributed by atoms with E-state index in [1.54, 1.807) is 6.92 Å². The third kappa shape index (κ3) is 2.63. The second kappa shape index (κ2) is 5.08. The number of carbonyl (C=O) groups is 1. The van der Waals surface area contributed by atoms with Crippen LogP contribution in [0.4, 0.5) is 0 Å². The summed E-state index contributed by atoms with van der Waals surface area (Å²) in [5.74, 6) is 1.12. The standard InChI is InChI=1S/C12H17ClN2O2/c1-8(13)10-3-5-15(6-4-10)12(16)11-7-14-17-9(11)2/h7-8,10H,3-6H2,1-2H3. The summed E-state index contributed by atoms with van der Waals surface area (Å²) < 4.78 is 4.92. The van der Waals surface area contributed by atoms with Crippen LogP contribution in [0.3, 0.4) is 0 Å². The Morgan fingerprint density at radius 2 is 2.24 bits per heavy atom. The Morgan fingerprint density at radius 1 is 1.59 bits per heavy atom. The molecule has 0 bridgehead atoms. The number of hydrogen-bond donors (Lipinski definition) is 0. The Kier molecular flexibility index (Phi) is 3.72. The third-order valence-corrected chi connectivity index (χ3v) is 3.81. The van der Waals surface area contributed by atoms with Gasteiger partial charge in [0, 0.05) is 18.5 Å². The lowest BCUT2D eigenvalue weighted by molar-refractivity contribution is 0.0688. The third-order valence-electron chi connectivity index (χ3n) is 3.46. The molecule has 1 aromatic rings. The van der Waals surface area contributed by atoms with E-state index in [0.717, 1.165) is 25.9 Å². The molecule has 4 nitrogen and oxygen atoms in total. The molecular formula is C12H17ClN2O2. The minimum absolute atomic E-state index is 0.0180. The van der Waals surface area contributed by atoms with Crippen LogP contribution in [-0.4, -0.2) is 34.4 Å². The van der Waals surface area contributed by atoms with Crippen molar-refractivity contribution in [3.63, 3.8) is 0 Å². The van der Waals surface area contributed by atoms with Crippen LogP contribution < -0.4 is 0 Å². The number of likely N-dealkylation sites (tertiary alicyclic amines) is 1. The van der Waals surface area contributed by atoms with Crippen molar-refractivity contribution in [2.24, 2.45) is 5.92 Å². The quantitative estimate of drug-likeness (QED) is 0.764. The van der Waals surface area contributed by atoms with Crippen molar-refractivity contribution in [3.05, 3.63) is 17.5 Å². The van der Waals surface area contributed by atoms with Crippen LogP contribution >= 0.6 is 11.6 Å². The zero-order chi connectivity index (χ0) is 12.4. The largest absolute Gasteiger partial charge is 0.361 e. The van der Waals surface area contributed by atoms with E-state index < -0.39 is 0 Å². The fraction of sp³-hybridized carbons (Fsp3) is 0.667. The van der Waals surface area contributed by atoms with Crippen molar-refractivity contribution in [2.45, 2.75) is 32.1 Å². The summed E-state index contributed by atoms with van der Waals surface area (Å²) in [6, 6.07) is 0. The number of halogens is 1. The zero-order valence-electron chi connectivity index (χ0n) is 10.1. The Labute approximate surface area is 106 Å². The van der Waals surface area contributed by atoms with Gasteiger partial charge in [-0.15, -0.1) is 11.6 Å².